The molecule has 1 aromatic heterocycles. The van der Waals surface area contributed by atoms with Crippen LogP contribution in [0.25, 0.3) is 0 Å². The van der Waals surface area contributed by atoms with Gasteiger partial charge in [-0.05, 0) is 54.6 Å². The molecule has 26 heavy (non-hydrogen) atoms. The number of anilines is 2. The lowest BCUT2D eigenvalue weighted by atomic mass is 10.1. The van der Waals surface area contributed by atoms with E-state index in [0.717, 1.165) is 6.07 Å². The van der Waals surface area contributed by atoms with Gasteiger partial charge in [0.2, 0.25) is 0 Å². The minimum atomic E-state index is -0.535. The molecule has 2 N–H and O–H groups in total. The van der Waals surface area contributed by atoms with E-state index in [1.165, 1.54) is 25.5 Å². The van der Waals surface area contributed by atoms with Crippen molar-refractivity contribution >= 4 is 23.2 Å². The molecular weight excluding hydrogens is 339 g/mol. The Bertz CT molecular complexity index is 921. The topological polar surface area (TPSA) is 80.6 Å². The van der Waals surface area contributed by atoms with Gasteiger partial charge in [0, 0.05) is 11.4 Å². The van der Waals surface area contributed by atoms with Gasteiger partial charge in [-0.2, -0.15) is 0 Å². The number of hydrogen-bond donors (Lipinski definition) is 2. The van der Waals surface area contributed by atoms with Crippen LogP contribution in [0.2, 0.25) is 0 Å². The molecule has 0 atom stereocenters. The van der Waals surface area contributed by atoms with Crippen LogP contribution in [0.4, 0.5) is 15.8 Å². The summed E-state index contributed by atoms with van der Waals surface area (Å²) in [5.74, 6) is -0.955. The average molecular weight is 354 g/mol. The number of amides is 2. The molecule has 0 fully saturated rings. The molecule has 0 saturated carbocycles. The molecule has 0 spiro atoms. The summed E-state index contributed by atoms with van der Waals surface area (Å²) >= 11 is 0. The van der Waals surface area contributed by atoms with Crippen LogP contribution in [0.1, 0.15) is 20.9 Å². The molecule has 0 aliphatic heterocycles. The van der Waals surface area contributed by atoms with Crippen molar-refractivity contribution in [1.82, 2.24) is 0 Å². The van der Waals surface area contributed by atoms with Gasteiger partial charge in [0.25, 0.3) is 11.8 Å². The number of nitrogens with one attached hydrogen (secondary N) is 2. The van der Waals surface area contributed by atoms with Crippen LogP contribution in [0.3, 0.4) is 0 Å². The molecule has 3 rings (SSSR count). The summed E-state index contributed by atoms with van der Waals surface area (Å²) in [6, 6.07) is 13.3. The summed E-state index contributed by atoms with van der Waals surface area (Å²) in [4.78, 5) is 24.2. The van der Waals surface area contributed by atoms with Crippen molar-refractivity contribution in [2.75, 3.05) is 17.7 Å². The maximum Gasteiger partial charge on any atom is 0.291 e. The first kappa shape index (κ1) is 17.2. The van der Waals surface area contributed by atoms with Crippen molar-refractivity contribution in [3.63, 3.8) is 0 Å². The molecule has 2 amide bonds. The Hall–Kier alpha value is -3.61. The van der Waals surface area contributed by atoms with Crippen LogP contribution < -0.4 is 15.4 Å². The van der Waals surface area contributed by atoms with Gasteiger partial charge >= 0.3 is 0 Å². The van der Waals surface area contributed by atoms with Gasteiger partial charge < -0.3 is 19.8 Å². The van der Waals surface area contributed by atoms with Crippen molar-refractivity contribution in [2.45, 2.75) is 0 Å². The van der Waals surface area contributed by atoms with Gasteiger partial charge in [-0.1, -0.05) is 0 Å². The summed E-state index contributed by atoms with van der Waals surface area (Å²) in [7, 11) is 1.40. The fourth-order valence-electron chi connectivity index (χ4n) is 2.29. The van der Waals surface area contributed by atoms with E-state index >= 15 is 0 Å². The van der Waals surface area contributed by atoms with E-state index < -0.39 is 11.7 Å². The first-order valence-corrected chi connectivity index (χ1v) is 7.66. The molecule has 0 unspecified atom stereocenters. The van der Waals surface area contributed by atoms with Crippen molar-refractivity contribution in [1.29, 1.82) is 0 Å². The lowest BCUT2D eigenvalue weighted by Gasteiger charge is -2.10. The highest BCUT2D eigenvalue weighted by molar-refractivity contribution is 6.06. The van der Waals surface area contributed by atoms with Crippen LogP contribution in [-0.4, -0.2) is 18.9 Å². The summed E-state index contributed by atoms with van der Waals surface area (Å²) in [5.41, 5.74) is 1.10. The third kappa shape index (κ3) is 3.89. The van der Waals surface area contributed by atoms with Gasteiger partial charge in [0.1, 0.15) is 11.6 Å². The van der Waals surface area contributed by atoms with Gasteiger partial charge in [0.15, 0.2) is 5.76 Å². The average Bonchev–Trinajstić information content (AvgIpc) is 3.18. The number of carbonyl (C=O) groups is 2. The smallest absolute Gasteiger partial charge is 0.291 e. The van der Waals surface area contributed by atoms with E-state index in [0.29, 0.717) is 11.4 Å². The molecule has 0 aliphatic carbocycles. The predicted molar refractivity (Wildman–Crippen MR) is 94.0 cm³/mol. The van der Waals surface area contributed by atoms with E-state index in [2.05, 4.69) is 10.6 Å². The second kappa shape index (κ2) is 7.52. The normalized spacial score (nSPS) is 10.2. The molecule has 0 bridgehead atoms. The Morgan fingerprint density at radius 1 is 0.962 bits per heavy atom. The number of benzene rings is 2. The molecule has 3 aromatic rings. The third-order valence-electron chi connectivity index (χ3n) is 3.55. The highest BCUT2D eigenvalue weighted by Gasteiger charge is 2.14. The first-order chi connectivity index (χ1) is 12.6. The minimum Gasteiger partial charge on any atom is -0.496 e. The zero-order valence-corrected chi connectivity index (χ0v) is 13.8. The second-order valence-corrected chi connectivity index (χ2v) is 5.31. The number of halogens is 1. The van der Waals surface area contributed by atoms with E-state index in [1.54, 1.807) is 36.4 Å². The van der Waals surface area contributed by atoms with E-state index in [-0.39, 0.29) is 23.0 Å². The lowest BCUT2D eigenvalue weighted by Crippen LogP contribution is -2.14. The number of methoxy groups -OCH3 is 1. The standard InChI is InChI=1S/C19H15FN2O4/c1-25-16-9-4-12(20)11-15(16)18(23)21-13-5-7-14(8-6-13)22-19(24)17-3-2-10-26-17/h2-11H,1H3,(H,21,23)(H,22,24). The zero-order chi connectivity index (χ0) is 18.5. The number of furan rings is 1. The van der Waals surface area contributed by atoms with Crippen molar-refractivity contribution in [3.8, 4) is 5.75 Å². The largest absolute Gasteiger partial charge is 0.496 e. The first-order valence-electron chi connectivity index (χ1n) is 7.66. The van der Waals surface area contributed by atoms with Crippen molar-refractivity contribution < 1.29 is 23.1 Å². The SMILES string of the molecule is COc1ccc(F)cc1C(=O)Nc1ccc(NC(=O)c2ccco2)cc1. The maximum atomic E-state index is 13.4. The molecule has 0 saturated heterocycles. The molecular formula is C19H15FN2O4. The van der Waals surface area contributed by atoms with Crippen LogP contribution in [0, 0.1) is 5.82 Å². The van der Waals surface area contributed by atoms with Crippen LogP contribution in [0.15, 0.2) is 65.3 Å². The Morgan fingerprint density at radius 2 is 1.62 bits per heavy atom. The second-order valence-electron chi connectivity index (χ2n) is 5.31. The van der Waals surface area contributed by atoms with Gasteiger partial charge in [0.05, 0.1) is 18.9 Å². The zero-order valence-electron chi connectivity index (χ0n) is 13.8. The maximum absolute atomic E-state index is 13.4. The summed E-state index contributed by atoms with van der Waals surface area (Å²) in [5, 5.41) is 5.32. The molecule has 6 nitrogen and oxygen atoms in total. The predicted octanol–water partition coefficient (Wildman–Crippen LogP) is 3.93. The van der Waals surface area contributed by atoms with Gasteiger partial charge in [-0.25, -0.2) is 4.39 Å². The van der Waals surface area contributed by atoms with Gasteiger partial charge in [-0.3, -0.25) is 9.59 Å². The van der Waals surface area contributed by atoms with E-state index in [4.69, 9.17) is 9.15 Å². The minimum absolute atomic E-state index is 0.0858. The Morgan fingerprint density at radius 3 is 2.19 bits per heavy atom. The Kier molecular flexibility index (Phi) is 4.98. The quantitative estimate of drug-likeness (QED) is 0.727. The lowest BCUT2D eigenvalue weighted by molar-refractivity contribution is 0.0994. The summed E-state index contributed by atoms with van der Waals surface area (Å²) < 4.78 is 23.5. The number of carbonyl (C=O) groups excluding carboxylic acids is 2. The van der Waals surface area contributed by atoms with Gasteiger partial charge in [-0.15, -0.1) is 0 Å². The summed E-state index contributed by atoms with van der Waals surface area (Å²) in [6.07, 6.45) is 1.41. The highest BCUT2D eigenvalue weighted by atomic mass is 19.1. The third-order valence-corrected chi connectivity index (χ3v) is 3.55. The fourth-order valence-corrected chi connectivity index (χ4v) is 2.29. The molecule has 0 radical (unpaired) electrons. The van der Waals surface area contributed by atoms with Crippen molar-refractivity contribution in [2.24, 2.45) is 0 Å². The molecule has 132 valence electrons. The Labute approximate surface area is 148 Å². The molecule has 2 aromatic carbocycles. The number of rotatable bonds is 5. The summed E-state index contributed by atoms with van der Waals surface area (Å²) in [6.45, 7) is 0. The molecule has 7 heteroatoms. The number of hydrogen-bond acceptors (Lipinski definition) is 4. The number of ether oxygens (including phenoxy) is 1. The Balaban J connectivity index is 1.68. The monoisotopic (exact) mass is 354 g/mol. The van der Waals surface area contributed by atoms with Crippen molar-refractivity contribution in [3.05, 3.63) is 78.0 Å². The van der Waals surface area contributed by atoms with Crippen LogP contribution in [-0.2, 0) is 0 Å². The van der Waals surface area contributed by atoms with E-state index in [1.807, 2.05) is 0 Å². The molecule has 1 heterocycles. The van der Waals surface area contributed by atoms with Crippen LogP contribution in [0.5, 0.6) is 5.75 Å². The fraction of sp³-hybridized carbons (Fsp3) is 0.0526. The van der Waals surface area contributed by atoms with E-state index in [9.17, 15) is 14.0 Å². The van der Waals surface area contributed by atoms with Crippen LogP contribution >= 0.6 is 0 Å². The highest BCUT2D eigenvalue weighted by Crippen LogP contribution is 2.21. The molecule has 0 aliphatic rings.